The predicted molar refractivity (Wildman–Crippen MR) is 58.6 cm³/mol. The highest BCUT2D eigenvalue weighted by atomic mass is 19.4. The van der Waals surface area contributed by atoms with Crippen LogP contribution in [0, 0.1) is 0 Å². The molecule has 1 aromatic heterocycles. The van der Waals surface area contributed by atoms with Crippen LogP contribution in [0.5, 0.6) is 0 Å². The number of carbonyl (C=O) groups excluding carboxylic acids is 1. The van der Waals surface area contributed by atoms with E-state index in [0.29, 0.717) is 0 Å². The maximum absolute atomic E-state index is 12.6. The molecule has 18 heavy (non-hydrogen) atoms. The normalized spacial score (nSPS) is 11.6. The molecular weight excluding hydrogens is 245 g/mol. The number of nitrogens with zero attached hydrogens (tertiary/aromatic N) is 2. The minimum Gasteiger partial charge on any atom is -0.293 e. The topological polar surface area (TPSA) is 34.9 Å². The number of halogens is 3. The van der Waals surface area contributed by atoms with Gasteiger partial charge in [0.1, 0.15) is 5.69 Å². The number of rotatable bonds is 2. The summed E-state index contributed by atoms with van der Waals surface area (Å²) in [4.78, 5) is 11.3. The molecule has 94 valence electrons. The van der Waals surface area contributed by atoms with E-state index in [1.807, 2.05) is 0 Å². The van der Waals surface area contributed by atoms with Crippen molar-refractivity contribution in [3.8, 4) is 5.69 Å². The van der Waals surface area contributed by atoms with E-state index in [0.717, 1.165) is 12.1 Å². The van der Waals surface area contributed by atoms with Crippen LogP contribution in [0.1, 0.15) is 23.0 Å². The van der Waals surface area contributed by atoms with Gasteiger partial charge in [0, 0.05) is 6.92 Å². The van der Waals surface area contributed by atoms with Gasteiger partial charge in [-0.3, -0.25) is 4.79 Å². The lowest BCUT2D eigenvalue weighted by atomic mass is 10.2. The first kappa shape index (κ1) is 12.3. The molecule has 0 N–H and O–H groups in total. The number of Topliss-reactive ketones (excluding diaryl/α,β-unsaturated/α-hetero) is 1. The van der Waals surface area contributed by atoms with E-state index in [9.17, 15) is 18.0 Å². The second-order valence-corrected chi connectivity index (χ2v) is 3.73. The summed E-state index contributed by atoms with van der Waals surface area (Å²) in [5.74, 6) is -0.259. The quantitative estimate of drug-likeness (QED) is 0.772. The van der Waals surface area contributed by atoms with Crippen molar-refractivity contribution in [2.75, 3.05) is 0 Å². The van der Waals surface area contributed by atoms with E-state index in [1.54, 1.807) is 0 Å². The van der Waals surface area contributed by atoms with Gasteiger partial charge in [-0.2, -0.15) is 18.3 Å². The molecule has 0 unspecified atom stereocenters. The number of hydrogen-bond acceptors (Lipinski definition) is 2. The SMILES string of the molecule is CC(=O)c1ccnn1-c1cccc(C(F)(F)F)c1. The Kier molecular flexibility index (Phi) is 2.94. The molecule has 0 aliphatic carbocycles. The van der Waals surface area contributed by atoms with E-state index in [4.69, 9.17) is 0 Å². The zero-order chi connectivity index (χ0) is 13.3. The molecule has 1 aromatic carbocycles. The second kappa shape index (κ2) is 4.29. The molecule has 3 nitrogen and oxygen atoms in total. The third kappa shape index (κ3) is 2.27. The lowest BCUT2D eigenvalue weighted by Gasteiger charge is -2.10. The Labute approximate surface area is 101 Å². The Morgan fingerprint density at radius 1 is 1.28 bits per heavy atom. The molecule has 0 saturated heterocycles. The summed E-state index contributed by atoms with van der Waals surface area (Å²) < 4.78 is 38.9. The average molecular weight is 254 g/mol. The molecule has 1 heterocycles. The third-order valence-corrected chi connectivity index (χ3v) is 2.42. The van der Waals surface area contributed by atoms with Crippen molar-refractivity contribution in [2.24, 2.45) is 0 Å². The summed E-state index contributed by atoms with van der Waals surface area (Å²) >= 11 is 0. The number of aromatic nitrogens is 2. The van der Waals surface area contributed by atoms with E-state index < -0.39 is 11.7 Å². The highest BCUT2D eigenvalue weighted by Crippen LogP contribution is 2.30. The monoisotopic (exact) mass is 254 g/mol. The Bertz CT molecular complexity index is 587. The molecule has 0 fully saturated rings. The third-order valence-electron chi connectivity index (χ3n) is 2.42. The van der Waals surface area contributed by atoms with Crippen molar-refractivity contribution in [1.29, 1.82) is 0 Å². The molecule has 6 heteroatoms. The van der Waals surface area contributed by atoms with Crippen LogP contribution in [-0.2, 0) is 6.18 Å². The predicted octanol–water partition coefficient (Wildman–Crippen LogP) is 3.09. The van der Waals surface area contributed by atoms with Crippen LogP contribution in [0.2, 0.25) is 0 Å². The Morgan fingerprint density at radius 2 is 2.00 bits per heavy atom. The average Bonchev–Trinajstić information content (AvgIpc) is 2.77. The van der Waals surface area contributed by atoms with Gasteiger partial charge in [0.2, 0.25) is 0 Å². The zero-order valence-electron chi connectivity index (χ0n) is 9.40. The molecule has 0 aliphatic rings. The van der Waals surface area contributed by atoms with E-state index in [1.165, 1.54) is 36.0 Å². The molecule has 2 rings (SSSR count). The Morgan fingerprint density at radius 3 is 2.61 bits per heavy atom. The van der Waals surface area contributed by atoms with Crippen LogP contribution in [0.25, 0.3) is 5.69 Å². The summed E-state index contributed by atoms with van der Waals surface area (Å²) in [5, 5.41) is 3.86. The lowest BCUT2D eigenvalue weighted by Crippen LogP contribution is -2.09. The summed E-state index contributed by atoms with van der Waals surface area (Å²) in [6, 6.07) is 6.14. The maximum Gasteiger partial charge on any atom is 0.416 e. The Hall–Kier alpha value is -2.11. The summed E-state index contributed by atoms with van der Waals surface area (Å²) in [6.07, 6.45) is -3.05. The standard InChI is InChI=1S/C12H9F3N2O/c1-8(18)11-5-6-16-17(11)10-4-2-3-9(7-10)12(13,14)15/h2-7H,1H3. The molecule has 0 amide bonds. The van der Waals surface area contributed by atoms with Gasteiger partial charge in [-0.05, 0) is 24.3 Å². The molecule has 2 aromatic rings. The van der Waals surface area contributed by atoms with Gasteiger partial charge < -0.3 is 0 Å². The van der Waals surface area contributed by atoms with E-state index in [2.05, 4.69) is 5.10 Å². The molecule has 0 spiro atoms. The first-order chi connectivity index (χ1) is 8.39. The van der Waals surface area contributed by atoms with Crippen molar-refractivity contribution in [2.45, 2.75) is 13.1 Å². The largest absolute Gasteiger partial charge is 0.416 e. The van der Waals surface area contributed by atoms with Crippen LogP contribution >= 0.6 is 0 Å². The molecule has 0 atom stereocenters. The van der Waals surface area contributed by atoms with Crippen molar-refractivity contribution in [1.82, 2.24) is 9.78 Å². The summed E-state index contributed by atoms with van der Waals surface area (Å²) in [7, 11) is 0. The fourth-order valence-corrected chi connectivity index (χ4v) is 1.59. The van der Waals surface area contributed by atoms with Gasteiger partial charge in [-0.1, -0.05) is 6.07 Å². The zero-order valence-corrected chi connectivity index (χ0v) is 9.40. The van der Waals surface area contributed by atoms with Crippen molar-refractivity contribution < 1.29 is 18.0 Å². The van der Waals surface area contributed by atoms with Crippen LogP contribution in [-0.4, -0.2) is 15.6 Å². The minimum absolute atomic E-state index is 0.208. The van der Waals surface area contributed by atoms with Gasteiger partial charge in [0.05, 0.1) is 17.4 Å². The van der Waals surface area contributed by atoms with Crippen LogP contribution in [0.15, 0.2) is 36.5 Å². The van der Waals surface area contributed by atoms with E-state index >= 15 is 0 Å². The van der Waals surface area contributed by atoms with Gasteiger partial charge in [0.25, 0.3) is 0 Å². The van der Waals surface area contributed by atoms with Crippen molar-refractivity contribution in [3.63, 3.8) is 0 Å². The van der Waals surface area contributed by atoms with Crippen LogP contribution in [0.3, 0.4) is 0 Å². The number of benzene rings is 1. The minimum atomic E-state index is -4.42. The van der Waals surface area contributed by atoms with Gasteiger partial charge in [-0.25, -0.2) is 4.68 Å². The number of ketones is 1. The maximum atomic E-state index is 12.6. The number of alkyl halides is 3. The van der Waals surface area contributed by atoms with Crippen LogP contribution in [0.4, 0.5) is 13.2 Å². The number of carbonyl (C=O) groups is 1. The molecule has 0 radical (unpaired) electrons. The van der Waals surface area contributed by atoms with E-state index in [-0.39, 0.29) is 17.2 Å². The molecule has 0 aliphatic heterocycles. The van der Waals surface area contributed by atoms with Crippen molar-refractivity contribution in [3.05, 3.63) is 47.8 Å². The lowest BCUT2D eigenvalue weighted by molar-refractivity contribution is -0.137. The summed E-state index contributed by atoms with van der Waals surface area (Å²) in [5.41, 5.74) is -0.320. The second-order valence-electron chi connectivity index (χ2n) is 3.73. The highest BCUT2D eigenvalue weighted by Gasteiger charge is 2.30. The smallest absolute Gasteiger partial charge is 0.293 e. The molecule has 0 bridgehead atoms. The first-order valence-electron chi connectivity index (χ1n) is 5.12. The molecular formula is C12H9F3N2O. The first-order valence-corrected chi connectivity index (χ1v) is 5.12. The fourth-order valence-electron chi connectivity index (χ4n) is 1.59. The van der Waals surface area contributed by atoms with Gasteiger partial charge in [0.15, 0.2) is 5.78 Å². The number of hydrogen-bond donors (Lipinski definition) is 0. The fraction of sp³-hybridized carbons (Fsp3) is 0.167. The van der Waals surface area contributed by atoms with Gasteiger partial charge >= 0.3 is 6.18 Å². The summed E-state index contributed by atoms with van der Waals surface area (Å²) in [6.45, 7) is 1.33. The molecule has 0 saturated carbocycles. The van der Waals surface area contributed by atoms with Crippen molar-refractivity contribution >= 4 is 5.78 Å². The van der Waals surface area contributed by atoms with Crippen LogP contribution < -0.4 is 0 Å². The highest BCUT2D eigenvalue weighted by molar-refractivity contribution is 5.92. The van der Waals surface area contributed by atoms with Gasteiger partial charge in [-0.15, -0.1) is 0 Å². The Balaban J connectivity index is 2.52.